The van der Waals surface area contributed by atoms with Gasteiger partial charge in [-0.1, -0.05) is 0 Å². The van der Waals surface area contributed by atoms with E-state index in [0.29, 0.717) is 5.69 Å². The molecule has 1 aromatic carbocycles. The zero-order valence-corrected chi connectivity index (χ0v) is 10.2. The third-order valence-electron chi connectivity index (χ3n) is 2.34. The van der Waals surface area contributed by atoms with E-state index in [0.717, 1.165) is 12.3 Å². The monoisotopic (exact) mass is 267 g/mol. The van der Waals surface area contributed by atoms with E-state index < -0.39 is 14.8 Å². The Kier molecular flexibility index (Phi) is 2.87. The van der Waals surface area contributed by atoms with Crippen LogP contribution in [-0.4, -0.2) is 29.1 Å². The molecule has 18 heavy (non-hydrogen) atoms. The second-order valence-corrected chi connectivity index (χ2v) is 5.64. The van der Waals surface area contributed by atoms with Crippen LogP contribution in [0.5, 0.6) is 0 Å². The Morgan fingerprint density at radius 3 is 2.61 bits per heavy atom. The van der Waals surface area contributed by atoms with Crippen molar-refractivity contribution in [2.24, 2.45) is 0 Å². The molecule has 0 radical (unpaired) electrons. The van der Waals surface area contributed by atoms with Crippen molar-refractivity contribution in [1.82, 2.24) is 9.55 Å². The highest BCUT2D eigenvalue weighted by Gasteiger charge is 2.19. The lowest BCUT2D eigenvalue weighted by Crippen LogP contribution is -2.05. The van der Waals surface area contributed by atoms with Crippen molar-refractivity contribution in [3.63, 3.8) is 0 Å². The summed E-state index contributed by atoms with van der Waals surface area (Å²) in [5, 5.41) is 10.7. The zero-order valence-electron chi connectivity index (χ0n) is 9.35. The molecule has 0 spiro atoms. The molecular weight excluding hydrogens is 258 g/mol. The Morgan fingerprint density at radius 2 is 2.11 bits per heavy atom. The fourth-order valence-electron chi connectivity index (χ4n) is 1.53. The minimum Gasteiger partial charge on any atom is -0.305 e. The molecule has 0 amide bonds. The third kappa shape index (κ3) is 2.23. The van der Waals surface area contributed by atoms with Crippen molar-refractivity contribution >= 4 is 15.5 Å². The van der Waals surface area contributed by atoms with Gasteiger partial charge in [-0.2, -0.15) is 0 Å². The number of hydrogen-bond donors (Lipinski definition) is 0. The molecule has 2 rings (SSSR count). The molecule has 0 atom stereocenters. The Hall–Kier alpha value is -2.22. The first-order valence-electron chi connectivity index (χ1n) is 4.86. The lowest BCUT2D eigenvalue weighted by molar-refractivity contribution is -0.385. The quantitative estimate of drug-likeness (QED) is 0.614. The number of nitro groups is 1. The van der Waals surface area contributed by atoms with Crippen molar-refractivity contribution < 1.29 is 13.3 Å². The minimum atomic E-state index is -3.57. The third-order valence-corrected chi connectivity index (χ3v) is 3.46. The molecule has 0 saturated heterocycles. The number of nitrogens with zero attached hydrogens (tertiary/aromatic N) is 3. The summed E-state index contributed by atoms with van der Waals surface area (Å²) in [6, 6.07) is 3.69. The first kappa shape index (κ1) is 12.2. The largest absolute Gasteiger partial charge is 0.305 e. The minimum absolute atomic E-state index is 0.102. The van der Waals surface area contributed by atoms with Gasteiger partial charge in [0.25, 0.3) is 5.69 Å². The van der Waals surface area contributed by atoms with E-state index in [1.165, 1.54) is 29.2 Å². The fourth-order valence-corrected chi connectivity index (χ4v) is 2.42. The molecule has 1 aromatic heterocycles. The number of benzene rings is 1. The van der Waals surface area contributed by atoms with E-state index in [1.807, 2.05) is 0 Å². The maximum atomic E-state index is 11.7. The molecule has 7 nitrogen and oxygen atoms in total. The van der Waals surface area contributed by atoms with Crippen molar-refractivity contribution in [3.05, 3.63) is 47.0 Å². The molecule has 0 bridgehead atoms. The summed E-state index contributed by atoms with van der Waals surface area (Å²) >= 11 is 0. The maximum absolute atomic E-state index is 11.7. The summed E-state index contributed by atoms with van der Waals surface area (Å²) in [7, 11) is -3.57. The van der Waals surface area contributed by atoms with Gasteiger partial charge in [-0.25, -0.2) is 13.4 Å². The van der Waals surface area contributed by atoms with Gasteiger partial charge >= 0.3 is 0 Å². The molecule has 0 aliphatic carbocycles. The Morgan fingerprint density at radius 1 is 1.39 bits per heavy atom. The van der Waals surface area contributed by atoms with Crippen molar-refractivity contribution in [2.45, 2.75) is 4.90 Å². The van der Waals surface area contributed by atoms with Crippen molar-refractivity contribution in [1.29, 1.82) is 0 Å². The van der Waals surface area contributed by atoms with E-state index in [1.54, 1.807) is 6.20 Å². The van der Waals surface area contributed by atoms with Gasteiger partial charge in [0, 0.05) is 30.8 Å². The second-order valence-electron chi connectivity index (χ2n) is 3.65. The van der Waals surface area contributed by atoms with Crippen molar-refractivity contribution in [2.75, 3.05) is 6.26 Å². The average molecular weight is 267 g/mol. The second kappa shape index (κ2) is 4.22. The van der Waals surface area contributed by atoms with Crippen LogP contribution in [0, 0.1) is 10.1 Å². The molecule has 1 heterocycles. The Labute approximate surface area is 103 Å². The normalized spacial score (nSPS) is 11.4. The number of rotatable bonds is 3. The molecule has 0 N–H and O–H groups in total. The van der Waals surface area contributed by atoms with E-state index in [-0.39, 0.29) is 10.6 Å². The Bertz CT molecular complexity index is 692. The van der Waals surface area contributed by atoms with Gasteiger partial charge in [0.1, 0.15) is 0 Å². The molecule has 94 valence electrons. The van der Waals surface area contributed by atoms with Gasteiger partial charge in [0.05, 0.1) is 21.8 Å². The van der Waals surface area contributed by atoms with Gasteiger partial charge in [-0.3, -0.25) is 10.1 Å². The fraction of sp³-hybridized carbons (Fsp3) is 0.100. The number of aromatic nitrogens is 2. The highest BCUT2D eigenvalue weighted by molar-refractivity contribution is 7.90. The Balaban J connectivity index is 2.72. The molecule has 0 unspecified atom stereocenters. The van der Waals surface area contributed by atoms with Crippen LogP contribution in [0.2, 0.25) is 0 Å². The van der Waals surface area contributed by atoms with E-state index in [4.69, 9.17) is 0 Å². The first-order chi connectivity index (χ1) is 8.39. The van der Waals surface area contributed by atoms with Crippen molar-refractivity contribution in [3.8, 4) is 5.69 Å². The topological polar surface area (TPSA) is 95.1 Å². The smallest absolute Gasteiger partial charge is 0.270 e. The van der Waals surface area contributed by atoms with Crippen LogP contribution in [0.3, 0.4) is 0 Å². The number of nitro benzene ring substituents is 1. The summed E-state index contributed by atoms with van der Waals surface area (Å²) in [5.74, 6) is 0. The zero-order chi connectivity index (χ0) is 13.3. The van der Waals surface area contributed by atoms with Crippen LogP contribution in [0.15, 0.2) is 41.8 Å². The van der Waals surface area contributed by atoms with Crippen LogP contribution < -0.4 is 0 Å². The predicted octanol–water partition coefficient (Wildman–Crippen LogP) is 1.18. The number of imidazole rings is 1. The standard InChI is InChI=1S/C10H9N3O4S/c1-18(16,17)10-6-8(13(14)15)2-3-9(10)12-5-4-11-7-12/h2-7H,1H3. The van der Waals surface area contributed by atoms with Gasteiger partial charge < -0.3 is 4.57 Å². The molecule has 0 aliphatic heterocycles. The molecule has 8 heteroatoms. The predicted molar refractivity (Wildman–Crippen MR) is 63.3 cm³/mol. The van der Waals surface area contributed by atoms with Gasteiger partial charge in [-0.15, -0.1) is 0 Å². The number of sulfone groups is 1. The van der Waals surface area contributed by atoms with Crippen LogP contribution in [0.1, 0.15) is 0 Å². The first-order valence-corrected chi connectivity index (χ1v) is 6.75. The molecule has 0 saturated carbocycles. The highest BCUT2D eigenvalue weighted by atomic mass is 32.2. The highest BCUT2D eigenvalue weighted by Crippen LogP contribution is 2.25. The number of hydrogen-bond acceptors (Lipinski definition) is 5. The lowest BCUT2D eigenvalue weighted by atomic mass is 10.3. The van der Waals surface area contributed by atoms with Gasteiger partial charge in [0.2, 0.25) is 0 Å². The van der Waals surface area contributed by atoms with Crippen LogP contribution in [-0.2, 0) is 9.84 Å². The summed E-state index contributed by atoms with van der Waals surface area (Å²) in [6.07, 6.45) is 5.49. The van der Waals surface area contributed by atoms with Gasteiger partial charge in [0.15, 0.2) is 9.84 Å². The molecule has 0 aliphatic rings. The van der Waals surface area contributed by atoms with Crippen LogP contribution in [0.4, 0.5) is 5.69 Å². The summed E-state index contributed by atoms with van der Waals surface area (Å²) in [5.41, 5.74) is 0.0693. The number of non-ortho nitro benzene ring substituents is 1. The van der Waals surface area contributed by atoms with E-state index >= 15 is 0 Å². The maximum Gasteiger partial charge on any atom is 0.270 e. The van der Waals surface area contributed by atoms with E-state index in [9.17, 15) is 18.5 Å². The molecular formula is C10H9N3O4S. The average Bonchev–Trinajstić information content (AvgIpc) is 2.80. The lowest BCUT2D eigenvalue weighted by Gasteiger charge is -2.08. The molecule has 0 fully saturated rings. The summed E-state index contributed by atoms with van der Waals surface area (Å²) in [6.45, 7) is 0. The van der Waals surface area contributed by atoms with Gasteiger partial charge in [-0.05, 0) is 6.07 Å². The van der Waals surface area contributed by atoms with Crippen LogP contribution in [0.25, 0.3) is 5.69 Å². The summed E-state index contributed by atoms with van der Waals surface area (Å²) < 4.78 is 24.8. The molecule has 2 aromatic rings. The SMILES string of the molecule is CS(=O)(=O)c1cc([N+](=O)[O-])ccc1-n1ccnc1. The van der Waals surface area contributed by atoms with Crippen LogP contribution >= 0.6 is 0 Å². The van der Waals surface area contributed by atoms with E-state index in [2.05, 4.69) is 4.98 Å². The summed E-state index contributed by atoms with van der Waals surface area (Å²) in [4.78, 5) is 13.7.